The second kappa shape index (κ2) is 5.64. The van der Waals surface area contributed by atoms with E-state index in [1.165, 1.54) is 4.90 Å². The summed E-state index contributed by atoms with van der Waals surface area (Å²) >= 11 is 7.95. The highest BCUT2D eigenvalue weighted by molar-refractivity contribution is 7.99. The number of nitrogens with two attached hydrogens (primary N) is 1. The molecule has 0 aliphatic heterocycles. The molecule has 0 saturated carbocycles. The third-order valence-electron chi connectivity index (χ3n) is 1.81. The Bertz CT molecular complexity index is 299. The van der Waals surface area contributed by atoms with E-state index in [2.05, 4.69) is 26.0 Å². The molecule has 0 aliphatic carbocycles. The summed E-state index contributed by atoms with van der Waals surface area (Å²) in [7, 11) is 0. The molecule has 1 nitrogen and oxygen atoms in total. The summed E-state index contributed by atoms with van der Waals surface area (Å²) in [5.41, 5.74) is 6.63. The molecule has 0 radical (unpaired) electrons. The monoisotopic (exact) mass is 229 g/mol. The largest absolute Gasteiger partial charge is 0.330 e. The number of halogens is 1. The van der Waals surface area contributed by atoms with E-state index in [0.29, 0.717) is 11.8 Å². The van der Waals surface area contributed by atoms with Gasteiger partial charge in [-0.1, -0.05) is 31.5 Å². The van der Waals surface area contributed by atoms with Crippen LogP contribution in [0.3, 0.4) is 0 Å². The topological polar surface area (TPSA) is 26.0 Å². The number of rotatable bonds is 4. The summed E-state index contributed by atoms with van der Waals surface area (Å²) < 4.78 is 0. The molecule has 0 fully saturated rings. The second-order valence-electron chi connectivity index (χ2n) is 3.46. The smallest absolute Gasteiger partial charge is 0.0449 e. The summed E-state index contributed by atoms with van der Waals surface area (Å²) in [6.45, 7) is 5.00. The van der Waals surface area contributed by atoms with Gasteiger partial charge in [-0.2, -0.15) is 0 Å². The molecule has 78 valence electrons. The summed E-state index contributed by atoms with van der Waals surface area (Å²) in [5, 5.41) is 1.42. The van der Waals surface area contributed by atoms with E-state index in [1.54, 1.807) is 0 Å². The molecule has 0 saturated heterocycles. The van der Waals surface area contributed by atoms with Crippen molar-refractivity contribution in [3.63, 3.8) is 0 Å². The first kappa shape index (κ1) is 11.9. The second-order valence-corrected chi connectivity index (χ2v) is 5.52. The van der Waals surface area contributed by atoms with Crippen molar-refractivity contribution < 1.29 is 0 Å². The Morgan fingerprint density at radius 1 is 1.43 bits per heavy atom. The number of hydrogen-bond acceptors (Lipinski definition) is 2. The molecule has 0 aliphatic rings. The van der Waals surface area contributed by atoms with Gasteiger partial charge in [0, 0.05) is 15.2 Å². The molecule has 0 aromatic heterocycles. The van der Waals surface area contributed by atoms with Crippen LogP contribution < -0.4 is 5.73 Å². The summed E-state index contributed by atoms with van der Waals surface area (Å²) in [6, 6.07) is 6.21. The van der Waals surface area contributed by atoms with Crippen molar-refractivity contribution in [3.8, 4) is 0 Å². The average molecular weight is 230 g/mol. The van der Waals surface area contributed by atoms with Gasteiger partial charge in [-0.15, -0.1) is 11.8 Å². The fraction of sp³-hybridized carbons (Fsp3) is 0.455. The van der Waals surface area contributed by atoms with Crippen LogP contribution in [-0.2, 0) is 6.42 Å². The third kappa shape index (κ3) is 3.52. The lowest BCUT2D eigenvalue weighted by Crippen LogP contribution is -2.03. The maximum Gasteiger partial charge on any atom is 0.0449 e. The Morgan fingerprint density at radius 2 is 2.14 bits per heavy atom. The van der Waals surface area contributed by atoms with Crippen LogP contribution in [0.15, 0.2) is 23.1 Å². The van der Waals surface area contributed by atoms with Crippen LogP contribution in [0.25, 0.3) is 0 Å². The summed E-state index contributed by atoms with van der Waals surface area (Å²) in [5.74, 6) is 0. The minimum atomic E-state index is 0.589. The van der Waals surface area contributed by atoms with E-state index in [-0.39, 0.29) is 0 Å². The van der Waals surface area contributed by atoms with Gasteiger partial charge in [-0.05, 0) is 30.7 Å². The van der Waals surface area contributed by atoms with Gasteiger partial charge in [0.25, 0.3) is 0 Å². The molecule has 0 atom stereocenters. The normalized spacial score (nSPS) is 10.9. The zero-order valence-corrected chi connectivity index (χ0v) is 10.2. The molecule has 0 unspecified atom stereocenters. The lowest BCUT2D eigenvalue weighted by molar-refractivity contribution is 0.966. The predicted molar refractivity (Wildman–Crippen MR) is 65.2 cm³/mol. The molecule has 14 heavy (non-hydrogen) atoms. The van der Waals surface area contributed by atoms with Crippen molar-refractivity contribution in [2.75, 3.05) is 6.54 Å². The predicted octanol–water partition coefficient (Wildman–Crippen LogP) is 3.34. The van der Waals surface area contributed by atoms with Crippen molar-refractivity contribution in [2.24, 2.45) is 5.73 Å². The van der Waals surface area contributed by atoms with Crippen LogP contribution in [0.2, 0.25) is 5.02 Å². The van der Waals surface area contributed by atoms with Gasteiger partial charge >= 0.3 is 0 Å². The lowest BCUT2D eigenvalue weighted by atomic mass is 10.1. The van der Waals surface area contributed by atoms with Crippen molar-refractivity contribution in [1.29, 1.82) is 0 Å². The highest BCUT2D eigenvalue weighted by atomic mass is 35.5. The number of benzene rings is 1. The van der Waals surface area contributed by atoms with Crippen molar-refractivity contribution in [2.45, 2.75) is 30.4 Å². The van der Waals surface area contributed by atoms with Gasteiger partial charge in [-0.3, -0.25) is 0 Å². The van der Waals surface area contributed by atoms with Crippen molar-refractivity contribution in [1.82, 2.24) is 0 Å². The van der Waals surface area contributed by atoms with Gasteiger partial charge in [0.15, 0.2) is 0 Å². The van der Waals surface area contributed by atoms with Crippen LogP contribution in [0.4, 0.5) is 0 Å². The quantitative estimate of drug-likeness (QED) is 0.802. The van der Waals surface area contributed by atoms with Gasteiger partial charge in [-0.25, -0.2) is 0 Å². The molecule has 0 spiro atoms. The molecule has 1 rings (SSSR count). The molecule has 0 bridgehead atoms. The Hall–Kier alpha value is -0.180. The molecular formula is C11H16ClNS. The highest BCUT2D eigenvalue weighted by Gasteiger charge is 2.03. The van der Waals surface area contributed by atoms with E-state index in [9.17, 15) is 0 Å². The molecule has 1 aromatic rings. The van der Waals surface area contributed by atoms with Crippen molar-refractivity contribution >= 4 is 23.4 Å². The van der Waals surface area contributed by atoms with E-state index in [1.807, 2.05) is 17.8 Å². The molecule has 3 heteroatoms. The van der Waals surface area contributed by atoms with Crippen LogP contribution >= 0.6 is 23.4 Å². The number of hydrogen-bond donors (Lipinski definition) is 1. The van der Waals surface area contributed by atoms with Crippen LogP contribution in [0.5, 0.6) is 0 Å². The van der Waals surface area contributed by atoms with E-state index >= 15 is 0 Å². The lowest BCUT2D eigenvalue weighted by Gasteiger charge is -2.07. The Labute approximate surface area is 95.0 Å². The average Bonchev–Trinajstić information content (AvgIpc) is 2.09. The van der Waals surface area contributed by atoms with Crippen molar-refractivity contribution in [3.05, 3.63) is 28.8 Å². The van der Waals surface area contributed by atoms with Gasteiger partial charge in [0.2, 0.25) is 0 Å². The first-order chi connectivity index (χ1) is 6.63. The fourth-order valence-electron chi connectivity index (χ4n) is 1.23. The first-order valence-corrected chi connectivity index (χ1v) is 6.04. The molecule has 0 heterocycles. The highest BCUT2D eigenvalue weighted by Crippen LogP contribution is 2.27. The summed E-state index contributed by atoms with van der Waals surface area (Å²) in [4.78, 5) is 1.23. The third-order valence-corrected chi connectivity index (χ3v) is 3.16. The standard InChI is InChI=1S/C11H16ClNS/c1-8(2)14-10-4-3-9(5-6-13)11(12)7-10/h3-4,7-8H,5-6,13H2,1-2H3. The molecular weight excluding hydrogens is 214 g/mol. The van der Waals surface area contributed by atoms with Crippen LogP contribution in [0.1, 0.15) is 19.4 Å². The number of thioether (sulfide) groups is 1. The minimum absolute atomic E-state index is 0.589. The molecule has 1 aromatic carbocycles. The SMILES string of the molecule is CC(C)Sc1ccc(CCN)c(Cl)c1. The minimum Gasteiger partial charge on any atom is -0.330 e. The molecule has 0 amide bonds. The zero-order valence-electron chi connectivity index (χ0n) is 8.59. The van der Waals surface area contributed by atoms with Gasteiger partial charge in [0.05, 0.1) is 0 Å². The summed E-state index contributed by atoms with van der Waals surface area (Å²) in [6.07, 6.45) is 0.853. The Balaban J connectivity index is 2.78. The van der Waals surface area contributed by atoms with Gasteiger partial charge < -0.3 is 5.73 Å². The van der Waals surface area contributed by atoms with E-state index < -0.39 is 0 Å². The first-order valence-electron chi connectivity index (χ1n) is 4.78. The fourth-order valence-corrected chi connectivity index (χ4v) is 2.45. The Morgan fingerprint density at radius 3 is 2.64 bits per heavy atom. The molecule has 2 N–H and O–H groups in total. The van der Waals surface area contributed by atoms with E-state index in [4.69, 9.17) is 17.3 Å². The van der Waals surface area contributed by atoms with Gasteiger partial charge in [0.1, 0.15) is 0 Å². The maximum atomic E-state index is 6.12. The zero-order chi connectivity index (χ0) is 10.6. The van der Waals surface area contributed by atoms with E-state index in [0.717, 1.165) is 17.0 Å². The Kier molecular flexibility index (Phi) is 4.79. The maximum absolute atomic E-state index is 6.12. The van der Waals surface area contributed by atoms with Crippen LogP contribution in [0, 0.1) is 0 Å². The van der Waals surface area contributed by atoms with Crippen LogP contribution in [-0.4, -0.2) is 11.8 Å².